The van der Waals surface area contributed by atoms with E-state index in [0.29, 0.717) is 12.2 Å². The van der Waals surface area contributed by atoms with Crippen LogP contribution in [0.4, 0.5) is 0 Å². The molecule has 1 aliphatic carbocycles. The van der Waals surface area contributed by atoms with Crippen LogP contribution in [0.5, 0.6) is 5.75 Å². The van der Waals surface area contributed by atoms with E-state index in [-0.39, 0.29) is 42.7 Å². The van der Waals surface area contributed by atoms with Crippen LogP contribution in [0.25, 0.3) is 0 Å². The smallest absolute Gasteiger partial charge is 0.344 e. The minimum absolute atomic E-state index is 0.00106. The van der Waals surface area contributed by atoms with Crippen molar-refractivity contribution in [1.82, 2.24) is 4.90 Å². The molecular formula is C19H25NO6S. The fraction of sp³-hybridized carbons (Fsp3) is 0.579. The zero-order valence-electron chi connectivity index (χ0n) is 15.6. The Morgan fingerprint density at radius 1 is 1.11 bits per heavy atom. The van der Waals surface area contributed by atoms with Crippen LogP contribution in [0, 0.1) is 13.8 Å². The Hall–Kier alpha value is -2.09. The molecule has 1 saturated carbocycles. The number of rotatable bonds is 7. The van der Waals surface area contributed by atoms with E-state index in [1.54, 1.807) is 11.0 Å². The maximum Gasteiger partial charge on any atom is 0.344 e. The van der Waals surface area contributed by atoms with Crippen molar-refractivity contribution in [2.75, 3.05) is 24.7 Å². The topological polar surface area (TPSA) is 90.0 Å². The molecule has 1 atom stereocenters. The first-order chi connectivity index (χ1) is 12.8. The molecule has 0 unspecified atom stereocenters. The second kappa shape index (κ2) is 7.88. The van der Waals surface area contributed by atoms with Gasteiger partial charge in [-0.2, -0.15) is 0 Å². The molecule has 1 aromatic carbocycles. The number of benzene rings is 1. The van der Waals surface area contributed by atoms with Crippen LogP contribution in [0.3, 0.4) is 0 Å². The van der Waals surface area contributed by atoms with E-state index in [0.717, 1.165) is 24.0 Å². The van der Waals surface area contributed by atoms with Crippen LogP contribution in [-0.2, 0) is 24.2 Å². The van der Waals surface area contributed by atoms with Crippen LogP contribution < -0.4 is 4.74 Å². The average molecular weight is 395 g/mol. The number of sulfone groups is 1. The van der Waals surface area contributed by atoms with Crippen LogP contribution in [-0.4, -0.2) is 62.0 Å². The van der Waals surface area contributed by atoms with Gasteiger partial charge in [0.2, 0.25) is 0 Å². The van der Waals surface area contributed by atoms with Crippen molar-refractivity contribution in [3.8, 4) is 5.75 Å². The zero-order valence-corrected chi connectivity index (χ0v) is 16.5. The van der Waals surface area contributed by atoms with Crippen LogP contribution in [0.1, 0.15) is 30.4 Å². The van der Waals surface area contributed by atoms with E-state index in [4.69, 9.17) is 9.47 Å². The molecule has 8 heteroatoms. The summed E-state index contributed by atoms with van der Waals surface area (Å²) in [6.07, 6.45) is 2.19. The van der Waals surface area contributed by atoms with Gasteiger partial charge in [0.1, 0.15) is 5.75 Å². The Balaban J connectivity index is 1.50. The molecule has 1 aromatic rings. The average Bonchev–Trinajstić information content (AvgIpc) is 3.37. The normalized spacial score (nSPS) is 20.9. The Kier molecular flexibility index (Phi) is 5.74. The molecule has 1 aliphatic heterocycles. The lowest BCUT2D eigenvalue weighted by Gasteiger charge is -2.28. The van der Waals surface area contributed by atoms with Gasteiger partial charge in [-0.05, 0) is 50.3 Å². The highest BCUT2D eigenvalue weighted by Gasteiger charge is 2.42. The van der Waals surface area contributed by atoms with E-state index in [2.05, 4.69) is 0 Å². The molecule has 0 N–H and O–H groups in total. The fourth-order valence-electron chi connectivity index (χ4n) is 3.33. The molecule has 27 heavy (non-hydrogen) atoms. The van der Waals surface area contributed by atoms with E-state index in [9.17, 15) is 18.0 Å². The van der Waals surface area contributed by atoms with Gasteiger partial charge >= 0.3 is 5.97 Å². The van der Waals surface area contributed by atoms with E-state index >= 15 is 0 Å². The van der Waals surface area contributed by atoms with Crippen LogP contribution >= 0.6 is 0 Å². The van der Waals surface area contributed by atoms with Gasteiger partial charge in [0.25, 0.3) is 5.91 Å². The third-order valence-corrected chi connectivity index (χ3v) is 6.84. The molecule has 0 radical (unpaired) electrons. The molecule has 0 spiro atoms. The first kappa shape index (κ1) is 19.7. The van der Waals surface area contributed by atoms with Crippen molar-refractivity contribution < 1.29 is 27.5 Å². The summed E-state index contributed by atoms with van der Waals surface area (Å²) in [4.78, 5) is 26.1. The van der Waals surface area contributed by atoms with Crippen molar-refractivity contribution in [2.45, 2.75) is 45.2 Å². The van der Waals surface area contributed by atoms with Crippen molar-refractivity contribution in [2.24, 2.45) is 0 Å². The summed E-state index contributed by atoms with van der Waals surface area (Å²) in [6.45, 7) is 3.19. The molecule has 0 aromatic heterocycles. The molecule has 2 fully saturated rings. The van der Waals surface area contributed by atoms with Gasteiger partial charge in [-0.15, -0.1) is 0 Å². The summed E-state index contributed by atoms with van der Waals surface area (Å²) >= 11 is 0. The maximum absolute atomic E-state index is 12.5. The largest absolute Gasteiger partial charge is 0.482 e. The summed E-state index contributed by atoms with van der Waals surface area (Å²) in [5.74, 6) is -0.246. The zero-order chi connectivity index (χ0) is 19.6. The first-order valence-corrected chi connectivity index (χ1v) is 11.0. The van der Waals surface area contributed by atoms with Gasteiger partial charge < -0.3 is 14.4 Å². The number of ether oxygens (including phenoxy) is 2. The van der Waals surface area contributed by atoms with Gasteiger partial charge in [0.15, 0.2) is 23.1 Å². The molecule has 3 rings (SSSR count). The summed E-state index contributed by atoms with van der Waals surface area (Å²) < 4.78 is 34.0. The minimum atomic E-state index is -3.08. The highest BCUT2D eigenvalue weighted by molar-refractivity contribution is 7.91. The van der Waals surface area contributed by atoms with Gasteiger partial charge in [-0.25, -0.2) is 13.2 Å². The van der Waals surface area contributed by atoms with Gasteiger partial charge in [-0.3, -0.25) is 4.79 Å². The predicted molar refractivity (Wildman–Crippen MR) is 99.3 cm³/mol. The number of amides is 1. The van der Waals surface area contributed by atoms with Gasteiger partial charge in [-0.1, -0.05) is 12.1 Å². The molecule has 1 amide bonds. The minimum Gasteiger partial charge on any atom is -0.482 e. The SMILES string of the molecule is Cc1cccc(OCC(=O)OCC(=O)N(C2CC2)[C@@H]2CCS(=O)(=O)C2)c1C. The molecule has 7 nitrogen and oxygen atoms in total. The Labute approximate surface area is 159 Å². The second-order valence-electron chi connectivity index (χ2n) is 7.24. The van der Waals surface area contributed by atoms with Crippen molar-refractivity contribution in [3.63, 3.8) is 0 Å². The van der Waals surface area contributed by atoms with E-state index in [1.807, 2.05) is 26.0 Å². The fourth-order valence-corrected chi connectivity index (χ4v) is 5.04. The molecule has 2 aliphatic rings. The number of carbonyl (C=O) groups excluding carboxylic acids is 2. The standard InChI is InChI=1S/C19H25NO6S/c1-13-4-3-5-17(14(13)2)25-11-19(22)26-10-18(21)20(15-6-7-15)16-8-9-27(23,24)12-16/h3-5,15-16H,6-12H2,1-2H3/t16-/m1/s1. The first-order valence-electron chi connectivity index (χ1n) is 9.13. The predicted octanol–water partition coefficient (Wildman–Crippen LogP) is 1.40. The number of esters is 1. The number of nitrogens with zero attached hydrogens (tertiary/aromatic N) is 1. The molecule has 1 heterocycles. The monoisotopic (exact) mass is 395 g/mol. The Bertz CT molecular complexity index is 831. The number of hydrogen-bond acceptors (Lipinski definition) is 6. The third-order valence-electron chi connectivity index (χ3n) is 5.09. The van der Waals surface area contributed by atoms with E-state index in [1.165, 1.54) is 0 Å². The second-order valence-corrected chi connectivity index (χ2v) is 9.47. The van der Waals surface area contributed by atoms with Gasteiger partial charge in [0, 0.05) is 12.1 Å². The number of hydrogen-bond donors (Lipinski definition) is 0. The number of carbonyl (C=O) groups is 2. The summed E-state index contributed by atoms with van der Waals surface area (Å²) in [5.41, 5.74) is 2.01. The lowest BCUT2D eigenvalue weighted by Crippen LogP contribution is -2.45. The number of aryl methyl sites for hydroxylation is 1. The lowest BCUT2D eigenvalue weighted by atomic mass is 10.1. The summed E-state index contributed by atoms with van der Waals surface area (Å²) in [7, 11) is -3.08. The lowest BCUT2D eigenvalue weighted by molar-refractivity contribution is -0.154. The highest BCUT2D eigenvalue weighted by Crippen LogP contribution is 2.32. The molecule has 0 bridgehead atoms. The maximum atomic E-state index is 12.5. The molecular weight excluding hydrogens is 370 g/mol. The molecule has 1 saturated heterocycles. The highest BCUT2D eigenvalue weighted by atomic mass is 32.2. The summed E-state index contributed by atoms with van der Waals surface area (Å²) in [6, 6.07) is 5.33. The quantitative estimate of drug-likeness (QED) is 0.649. The molecule has 148 valence electrons. The van der Waals surface area contributed by atoms with Crippen molar-refractivity contribution in [1.29, 1.82) is 0 Å². The van der Waals surface area contributed by atoms with Gasteiger partial charge in [0.05, 0.1) is 11.5 Å². The summed E-state index contributed by atoms with van der Waals surface area (Å²) in [5, 5.41) is 0. The van der Waals surface area contributed by atoms with Crippen molar-refractivity contribution >= 4 is 21.7 Å². The third kappa shape index (κ3) is 5.00. The van der Waals surface area contributed by atoms with Crippen LogP contribution in [0.15, 0.2) is 18.2 Å². The Morgan fingerprint density at radius 2 is 1.85 bits per heavy atom. The van der Waals surface area contributed by atoms with Crippen LogP contribution in [0.2, 0.25) is 0 Å². The van der Waals surface area contributed by atoms with Crippen molar-refractivity contribution in [3.05, 3.63) is 29.3 Å². The Morgan fingerprint density at radius 3 is 2.48 bits per heavy atom. The van der Waals surface area contributed by atoms with E-state index < -0.39 is 15.8 Å².